The van der Waals surface area contributed by atoms with Gasteiger partial charge < -0.3 is 4.42 Å². The predicted octanol–water partition coefficient (Wildman–Crippen LogP) is 12.5. The molecule has 10 aromatic rings. The molecule has 0 aliphatic heterocycles. The van der Waals surface area contributed by atoms with Gasteiger partial charge in [-0.05, 0) is 41.0 Å². The van der Waals surface area contributed by atoms with Gasteiger partial charge in [0.05, 0.1) is 0 Å². The Balaban J connectivity index is 1.21. The molecule has 0 aliphatic rings. The monoisotopic (exact) mass is 657 g/mol. The number of aromatic nitrogens is 3. The Labute approximate surface area is 292 Å². The molecule has 5 heteroatoms. The van der Waals surface area contributed by atoms with Crippen molar-refractivity contribution in [3.8, 4) is 56.4 Å². The summed E-state index contributed by atoms with van der Waals surface area (Å²) in [6, 6.07) is 56.7. The molecule has 0 atom stereocenters. The molecule has 234 valence electrons. The summed E-state index contributed by atoms with van der Waals surface area (Å²) >= 11 is 1.81. The number of hydrogen-bond acceptors (Lipinski definition) is 5. The van der Waals surface area contributed by atoms with Crippen LogP contribution in [0.15, 0.2) is 168 Å². The quantitative estimate of drug-likeness (QED) is 0.185. The van der Waals surface area contributed by atoms with Gasteiger partial charge in [-0.25, -0.2) is 15.0 Å². The van der Waals surface area contributed by atoms with Gasteiger partial charge in [-0.3, -0.25) is 0 Å². The average Bonchev–Trinajstić information content (AvgIpc) is 3.77. The van der Waals surface area contributed by atoms with Gasteiger partial charge >= 0.3 is 0 Å². The molecule has 7 aromatic carbocycles. The van der Waals surface area contributed by atoms with Crippen molar-refractivity contribution >= 4 is 53.4 Å². The van der Waals surface area contributed by atoms with Crippen LogP contribution in [0.2, 0.25) is 0 Å². The first-order valence-corrected chi connectivity index (χ1v) is 17.4. The van der Waals surface area contributed by atoms with Crippen LogP contribution >= 0.6 is 11.3 Å². The third-order valence-electron chi connectivity index (χ3n) is 9.34. The first kappa shape index (κ1) is 28.6. The molecule has 4 nitrogen and oxygen atoms in total. The molecule has 0 fully saturated rings. The zero-order chi connectivity index (χ0) is 33.0. The molecule has 0 saturated carbocycles. The summed E-state index contributed by atoms with van der Waals surface area (Å²) in [7, 11) is 0. The van der Waals surface area contributed by atoms with Gasteiger partial charge in [-0.1, -0.05) is 140 Å². The van der Waals surface area contributed by atoms with Gasteiger partial charge in [0.15, 0.2) is 17.5 Å². The Kier molecular flexibility index (Phi) is 6.64. The van der Waals surface area contributed by atoms with E-state index >= 15 is 0 Å². The van der Waals surface area contributed by atoms with Crippen molar-refractivity contribution < 1.29 is 4.42 Å². The van der Waals surface area contributed by atoms with Gasteiger partial charge in [-0.15, -0.1) is 11.3 Å². The Morgan fingerprint density at radius 2 is 0.980 bits per heavy atom. The molecule has 0 amide bonds. The number of fused-ring (bicyclic) bond motifs is 6. The standard InChI is InChI=1S/C45H27N3OS/c1-4-14-28(15-5-1)36-26-31(27-37-33-20-10-11-24-38(33)49-41(36)37)32-21-12-22-34-40-35(23-13-25-39(40)50-42(32)34)45-47-43(29-16-6-2-7-17-29)46-44(48-45)30-18-8-3-9-19-30/h1-27H. The van der Waals surface area contributed by atoms with Crippen LogP contribution in [0.1, 0.15) is 0 Å². The number of benzene rings is 7. The SMILES string of the molecule is c1ccc(-c2nc(-c3ccccc3)nc(-c3cccc4sc5c(-c6cc(-c7ccccc7)c7oc8ccccc8c7c6)cccc5c34)n2)cc1. The maximum Gasteiger partial charge on any atom is 0.164 e. The summed E-state index contributed by atoms with van der Waals surface area (Å²) in [5.41, 5.74) is 9.24. The molecule has 0 radical (unpaired) electrons. The fraction of sp³-hybridized carbons (Fsp3) is 0. The molecule has 0 spiro atoms. The van der Waals surface area contributed by atoms with Gasteiger partial charge in [0.25, 0.3) is 0 Å². The number of hydrogen-bond donors (Lipinski definition) is 0. The zero-order valence-electron chi connectivity index (χ0n) is 26.7. The van der Waals surface area contributed by atoms with E-state index in [2.05, 4.69) is 91.0 Å². The molecule has 50 heavy (non-hydrogen) atoms. The second-order valence-electron chi connectivity index (χ2n) is 12.4. The molecule has 0 aliphatic carbocycles. The van der Waals surface area contributed by atoms with Crippen LogP contribution in [-0.4, -0.2) is 15.0 Å². The first-order valence-electron chi connectivity index (χ1n) is 16.6. The fourth-order valence-corrected chi connectivity index (χ4v) is 8.27. The lowest BCUT2D eigenvalue weighted by Gasteiger charge is -2.10. The summed E-state index contributed by atoms with van der Waals surface area (Å²) in [5, 5.41) is 4.56. The maximum absolute atomic E-state index is 6.50. The lowest BCUT2D eigenvalue weighted by atomic mass is 9.94. The van der Waals surface area contributed by atoms with Crippen LogP contribution in [0.5, 0.6) is 0 Å². The van der Waals surface area contributed by atoms with E-state index in [1.54, 1.807) is 0 Å². The van der Waals surface area contributed by atoms with Crippen LogP contribution in [0.25, 0.3) is 98.5 Å². The topological polar surface area (TPSA) is 51.8 Å². The van der Waals surface area contributed by atoms with E-state index < -0.39 is 0 Å². The molecular formula is C45H27N3OS. The van der Waals surface area contributed by atoms with Crippen LogP contribution in [-0.2, 0) is 0 Å². The van der Waals surface area contributed by atoms with Crippen LogP contribution in [0.3, 0.4) is 0 Å². The Hall–Kier alpha value is -6.43. The van der Waals surface area contributed by atoms with Crippen molar-refractivity contribution in [3.63, 3.8) is 0 Å². The summed E-state index contributed by atoms with van der Waals surface area (Å²) in [4.78, 5) is 15.1. The molecule has 0 N–H and O–H groups in total. The minimum atomic E-state index is 0.653. The van der Waals surface area contributed by atoms with E-state index in [9.17, 15) is 0 Å². The second-order valence-corrected chi connectivity index (χ2v) is 13.4. The Morgan fingerprint density at radius 1 is 0.400 bits per heavy atom. The maximum atomic E-state index is 6.50. The number of nitrogens with zero attached hydrogens (tertiary/aromatic N) is 3. The highest BCUT2D eigenvalue weighted by molar-refractivity contribution is 7.26. The third-order valence-corrected chi connectivity index (χ3v) is 10.5. The van der Waals surface area contributed by atoms with E-state index in [1.807, 2.05) is 84.1 Å². The van der Waals surface area contributed by atoms with Crippen molar-refractivity contribution in [1.29, 1.82) is 0 Å². The number of rotatable bonds is 5. The van der Waals surface area contributed by atoms with Crippen LogP contribution in [0.4, 0.5) is 0 Å². The highest BCUT2D eigenvalue weighted by Crippen LogP contribution is 2.46. The van der Waals surface area contributed by atoms with Gasteiger partial charge in [0, 0.05) is 53.2 Å². The normalized spacial score (nSPS) is 11.6. The first-order chi connectivity index (χ1) is 24.8. The summed E-state index contributed by atoms with van der Waals surface area (Å²) in [6.07, 6.45) is 0. The van der Waals surface area contributed by atoms with E-state index in [1.165, 1.54) is 20.3 Å². The van der Waals surface area contributed by atoms with Gasteiger partial charge in [0.1, 0.15) is 11.2 Å². The summed E-state index contributed by atoms with van der Waals surface area (Å²) in [6.45, 7) is 0. The zero-order valence-corrected chi connectivity index (χ0v) is 27.6. The van der Waals surface area contributed by atoms with Crippen molar-refractivity contribution in [3.05, 3.63) is 164 Å². The number of para-hydroxylation sites is 1. The Bertz CT molecular complexity index is 2800. The van der Waals surface area contributed by atoms with Crippen molar-refractivity contribution in [2.45, 2.75) is 0 Å². The summed E-state index contributed by atoms with van der Waals surface area (Å²) < 4.78 is 8.91. The number of furan rings is 1. The van der Waals surface area contributed by atoms with Crippen molar-refractivity contribution in [2.24, 2.45) is 0 Å². The summed E-state index contributed by atoms with van der Waals surface area (Å²) in [5.74, 6) is 1.97. The fourth-order valence-electron chi connectivity index (χ4n) is 7.01. The van der Waals surface area contributed by atoms with E-state index in [0.29, 0.717) is 17.5 Å². The van der Waals surface area contributed by atoms with Crippen molar-refractivity contribution in [2.75, 3.05) is 0 Å². The van der Waals surface area contributed by atoms with E-state index in [-0.39, 0.29) is 0 Å². The highest BCUT2D eigenvalue weighted by atomic mass is 32.1. The molecule has 3 heterocycles. The average molecular weight is 658 g/mol. The van der Waals surface area contributed by atoms with Crippen molar-refractivity contribution in [1.82, 2.24) is 15.0 Å². The van der Waals surface area contributed by atoms with E-state index in [0.717, 1.165) is 60.7 Å². The third kappa shape index (κ3) is 4.71. The minimum absolute atomic E-state index is 0.653. The van der Waals surface area contributed by atoms with Crippen LogP contribution < -0.4 is 0 Å². The van der Waals surface area contributed by atoms with E-state index in [4.69, 9.17) is 19.4 Å². The number of thiophene rings is 1. The van der Waals surface area contributed by atoms with Crippen LogP contribution in [0, 0.1) is 0 Å². The largest absolute Gasteiger partial charge is 0.455 e. The highest BCUT2D eigenvalue weighted by Gasteiger charge is 2.20. The Morgan fingerprint density at radius 3 is 1.70 bits per heavy atom. The molecule has 0 bridgehead atoms. The smallest absolute Gasteiger partial charge is 0.164 e. The molecular weight excluding hydrogens is 631 g/mol. The lowest BCUT2D eigenvalue weighted by Crippen LogP contribution is -2.00. The molecule has 0 unspecified atom stereocenters. The minimum Gasteiger partial charge on any atom is -0.455 e. The molecule has 10 rings (SSSR count). The molecule has 3 aromatic heterocycles. The predicted molar refractivity (Wildman–Crippen MR) is 207 cm³/mol. The second kappa shape index (κ2) is 11.6. The lowest BCUT2D eigenvalue weighted by molar-refractivity contribution is 0.670. The van der Waals surface area contributed by atoms with Gasteiger partial charge in [0.2, 0.25) is 0 Å². The molecule has 0 saturated heterocycles. The van der Waals surface area contributed by atoms with Gasteiger partial charge in [-0.2, -0.15) is 0 Å².